The number of hydrogen-bond acceptors (Lipinski definition) is 4. The van der Waals surface area contributed by atoms with Gasteiger partial charge in [0.25, 0.3) is 5.56 Å². The lowest BCUT2D eigenvalue weighted by Gasteiger charge is -2.11. The van der Waals surface area contributed by atoms with Crippen LogP contribution in [0.3, 0.4) is 0 Å². The molecule has 1 N–H and O–H groups in total. The Balaban J connectivity index is 1.54. The predicted molar refractivity (Wildman–Crippen MR) is 114 cm³/mol. The standard InChI is InChI=1S/C21H21N3OS2/c1-12-15(13-7-3-5-9-16(13)22-12)11-26-21-23-19-18(20(25)24(21)2)14-8-4-6-10-17(14)27-19/h3,5,7,9,22H,4,6,8,10-11H2,1-2H3. The number of hydrogen-bond donors (Lipinski definition) is 1. The number of aromatic nitrogens is 3. The van der Waals surface area contributed by atoms with Gasteiger partial charge in [0.05, 0.1) is 5.39 Å². The third kappa shape index (κ3) is 2.74. The van der Waals surface area contributed by atoms with Crippen molar-refractivity contribution >= 4 is 44.2 Å². The van der Waals surface area contributed by atoms with Crippen LogP contribution in [-0.2, 0) is 25.6 Å². The average Bonchev–Trinajstić information content (AvgIpc) is 3.20. The van der Waals surface area contributed by atoms with Crippen LogP contribution < -0.4 is 5.56 Å². The van der Waals surface area contributed by atoms with Crippen molar-refractivity contribution in [2.45, 2.75) is 43.5 Å². The van der Waals surface area contributed by atoms with E-state index < -0.39 is 0 Å². The van der Waals surface area contributed by atoms with Crippen molar-refractivity contribution in [2.75, 3.05) is 0 Å². The topological polar surface area (TPSA) is 50.7 Å². The van der Waals surface area contributed by atoms with Crippen LogP contribution >= 0.6 is 23.1 Å². The van der Waals surface area contributed by atoms with E-state index in [1.165, 1.54) is 39.9 Å². The maximum Gasteiger partial charge on any atom is 0.262 e. The largest absolute Gasteiger partial charge is 0.358 e. The SMILES string of the molecule is Cc1[nH]c2ccccc2c1CSc1nc2sc3c(c2c(=O)n1C)CCCC3. The van der Waals surface area contributed by atoms with E-state index in [0.717, 1.165) is 39.5 Å². The molecular weight excluding hydrogens is 374 g/mol. The number of nitrogens with one attached hydrogen (secondary N) is 1. The van der Waals surface area contributed by atoms with Gasteiger partial charge >= 0.3 is 0 Å². The number of thiophene rings is 1. The van der Waals surface area contributed by atoms with Crippen LogP contribution in [0.1, 0.15) is 34.5 Å². The van der Waals surface area contributed by atoms with Gasteiger partial charge in [-0.3, -0.25) is 9.36 Å². The van der Waals surface area contributed by atoms with Crippen molar-refractivity contribution in [1.82, 2.24) is 14.5 Å². The molecule has 0 fully saturated rings. The van der Waals surface area contributed by atoms with Crippen molar-refractivity contribution in [2.24, 2.45) is 7.05 Å². The van der Waals surface area contributed by atoms with Gasteiger partial charge in [0.15, 0.2) is 5.16 Å². The molecule has 3 heterocycles. The number of para-hydroxylation sites is 1. The number of thioether (sulfide) groups is 1. The van der Waals surface area contributed by atoms with Crippen molar-refractivity contribution in [3.8, 4) is 0 Å². The number of nitrogens with zero attached hydrogens (tertiary/aromatic N) is 2. The quantitative estimate of drug-likeness (QED) is 0.394. The molecule has 27 heavy (non-hydrogen) atoms. The van der Waals surface area contributed by atoms with Crippen LogP contribution in [0.15, 0.2) is 34.2 Å². The van der Waals surface area contributed by atoms with Crippen LogP contribution in [0.4, 0.5) is 0 Å². The molecule has 0 radical (unpaired) electrons. The molecule has 4 nitrogen and oxygen atoms in total. The maximum atomic E-state index is 13.0. The Morgan fingerprint density at radius 2 is 2.07 bits per heavy atom. The van der Waals surface area contributed by atoms with Crippen molar-refractivity contribution in [1.29, 1.82) is 0 Å². The molecule has 0 saturated carbocycles. The summed E-state index contributed by atoms with van der Waals surface area (Å²) in [6.45, 7) is 2.11. The van der Waals surface area contributed by atoms with Crippen molar-refractivity contribution < 1.29 is 0 Å². The number of H-pyrrole nitrogens is 1. The van der Waals surface area contributed by atoms with Gasteiger partial charge in [0.1, 0.15) is 4.83 Å². The van der Waals surface area contributed by atoms with Crippen LogP contribution in [-0.4, -0.2) is 14.5 Å². The summed E-state index contributed by atoms with van der Waals surface area (Å²) in [4.78, 5) is 23.7. The zero-order chi connectivity index (χ0) is 18.5. The van der Waals surface area contributed by atoms with E-state index in [0.29, 0.717) is 0 Å². The van der Waals surface area contributed by atoms with Crippen LogP contribution in [0.2, 0.25) is 0 Å². The van der Waals surface area contributed by atoms with Crippen molar-refractivity contribution in [3.05, 3.63) is 56.3 Å². The first kappa shape index (κ1) is 17.1. The minimum absolute atomic E-state index is 0.109. The molecule has 0 spiro atoms. The van der Waals surface area contributed by atoms with Gasteiger partial charge in [-0.15, -0.1) is 11.3 Å². The Morgan fingerprint density at radius 3 is 2.96 bits per heavy atom. The summed E-state index contributed by atoms with van der Waals surface area (Å²) >= 11 is 3.37. The van der Waals surface area contributed by atoms with Gasteiger partial charge in [-0.25, -0.2) is 4.98 Å². The average molecular weight is 396 g/mol. The molecule has 3 aromatic heterocycles. The molecule has 4 aromatic rings. The first-order valence-electron chi connectivity index (χ1n) is 9.33. The van der Waals surface area contributed by atoms with E-state index >= 15 is 0 Å². The molecule has 138 valence electrons. The van der Waals surface area contributed by atoms with Gasteiger partial charge in [-0.05, 0) is 49.8 Å². The molecule has 0 bridgehead atoms. The second kappa shape index (κ2) is 6.53. The van der Waals surface area contributed by atoms with Crippen LogP contribution in [0, 0.1) is 6.92 Å². The van der Waals surface area contributed by atoms with E-state index in [-0.39, 0.29) is 5.56 Å². The molecule has 1 aliphatic carbocycles. The molecule has 5 rings (SSSR count). The lowest BCUT2D eigenvalue weighted by atomic mass is 9.97. The van der Waals surface area contributed by atoms with E-state index in [2.05, 4.69) is 30.1 Å². The molecular formula is C21H21N3OS2. The highest BCUT2D eigenvalue weighted by molar-refractivity contribution is 7.98. The molecule has 6 heteroatoms. The molecule has 1 aromatic carbocycles. The minimum atomic E-state index is 0.109. The first-order chi connectivity index (χ1) is 13.1. The van der Waals surface area contributed by atoms with Crippen molar-refractivity contribution in [3.63, 3.8) is 0 Å². The Labute approximate surface area is 165 Å². The highest BCUT2D eigenvalue weighted by Crippen LogP contribution is 2.35. The normalized spacial score (nSPS) is 14.1. The Hall–Kier alpha value is -2.05. The Bertz CT molecular complexity index is 1230. The molecule has 0 aliphatic heterocycles. The third-order valence-corrected chi connectivity index (χ3v) is 7.77. The molecule has 1 aliphatic rings. The summed E-state index contributed by atoms with van der Waals surface area (Å²) in [6.07, 6.45) is 4.52. The minimum Gasteiger partial charge on any atom is -0.358 e. The molecule has 0 saturated heterocycles. The zero-order valence-electron chi connectivity index (χ0n) is 15.5. The zero-order valence-corrected chi connectivity index (χ0v) is 17.1. The van der Waals surface area contributed by atoms with E-state index in [1.54, 1.807) is 27.7 Å². The monoisotopic (exact) mass is 395 g/mol. The number of fused-ring (bicyclic) bond motifs is 4. The first-order valence-corrected chi connectivity index (χ1v) is 11.1. The Kier molecular flexibility index (Phi) is 4.13. The van der Waals surface area contributed by atoms with E-state index in [4.69, 9.17) is 4.98 Å². The summed E-state index contributed by atoms with van der Waals surface area (Å²) < 4.78 is 1.73. The maximum absolute atomic E-state index is 13.0. The fourth-order valence-corrected chi connectivity index (χ4v) is 6.44. The molecule has 0 amide bonds. The van der Waals surface area contributed by atoms with Crippen LogP contribution in [0.5, 0.6) is 0 Å². The smallest absolute Gasteiger partial charge is 0.262 e. The summed E-state index contributed by atoms with van der Waals surface area (Å²) in [5.41, 5.74) is 5.00. The van der Waals surface area contributed by atoms with Gasteiger partial charge in [0.2, 0.25) is 0 Å². The second-order valence-electron chi connectivity index (χ2n) is 7.21. The van der Waals surface area contributed by atoms with E-state index in [1.807, 2.05) is 13.1 Å². The highest BCUT2D eigenvalue weighted by Gasteiger charge is 2.21. The van der Waals surface area contributed by atoms with E-state index in [9.17, 15) is 4.79 Å². The number of benzene rings is 1. The summed E-state index contributed by atoms with van der Waals surface area (Å²) in [5, 5.41) is 2.92. The van der Waals surface area contributed by atoms with Gasteiger partial charge < -0.3 is 4.98 Å². The lowest BCUT2D eigenvalue weighted by Crippen LogP contribution is -2.20. The van der Waals surface area contributed by atoms with Gasteiger partial charge in [-0.1, -0.05) is 30.0 Å². The fraction of sp³-hybridized carbons (Fsp3) is 0.333. The molecule has 0 unspecified atom stereocenters. The second-order valence-corrected chi connectivity index (χ2v) is 9.24. The van der Waals surface area contributed by atoms with Crippen LogP contribution in [0.25, 0.3) is 21.1 Å². The van der Waals surface area contributed by atoms with Gasteiger partial charge in [0, 0.05) is 34.3 Å². The number of aryl methyl sites for hydroxylation is 3. The highest BCUT2D eigenvalue weighted by atomic mass is 32.2. The number of aromatic amines is 1. The Morgan fingerprint density at radius 1 is 1.26 bits per heavy atom. The third-order valence-electron chi connectivity index (χ3n) is 5.53. The number of rotatable bonds is 3. The predicted octanol–water partition coefficient (Wildman–Crippen LogP) is 4.96. The summed E-state index contributed by atoms with van der Waals surface area (Å²) in [7, 11) is 1.85. The summed E-state index contributed by atoms with van der Waals surface area (Å²) in [6, 6.07) is 8.37. The lowest BCUT2D eigenvalue weighted by molar-refractivity contribution is 0.695. The van der Waals surface area contributed by atoms with Gasteiger partial charge in [-0.2, -0.15) is 0 Å². The molecule has 0 atom stereocenters. The fourth-order valence-electron chi connectivity index (χ4n) is 4.05. The summed E-state index contributed by atoms with van der Waals surface area (Å²) in [5.74, 6) is 0.798.